The number of anilines is 1. The standard InChI is InChI=1S/C26H23N3O5/c1-26(2)18-9-5-6-10-19(18)28(3)21(26)12-16(30)14-33-22(31)13-29-15-27-23-17-8-4-7-11-20(17)34-24(23)25(29)32/h4-12,15H,13-14H2,1-3H3/b21-12-. The lowest BCUT2D eigenvalue weighted by Crippen LogP contribution is -2.27. The first kappa shape index (κ1) is 21.6. The van der Waals surface area contributed by atoms with Crippen LogP contribution in [0.4, 0.5) is 5.69 Å². The SMILES string of the molecule is CN1/C(=C\C(=O)COC(=O)Cn2cnc3c(oc4ccccc43)c2=O)C(C)(C)c2ccccc21. The highest BCUT2D eigenvalue weighted by molar-refractivity contribution is 6.01. The molecule has 0 unspecified atom stereocenters. The highest BCUT2D eigenvalue weighted by atomic mass is 16.5. The van der Waals surface area contributed by atoms with Crippen LogP contribution in [0.15, 0.2) is 75.8 Å². The van der Waals surface area contributed by atoms with Crippen molar-refractivity contribution in [3.63, 3.8) is 0 Å². The molecule has 0 atom stereocenters. The van der Waals surface area contributed by atoms with E-state index in [-0.39, 0.29) is 23.3 Å². The van der Waals surface area contributed by atoms with Crippen molar-refractivity contribution in [3.8, 4) is 0 Å². The first-order valence-corrected chi connectivity index (χ1v) is 10.9. The molecule has 8 heteroatoms. The number of furan rings is 1. The van der Waals surface area contributed by atoms with Crippen molar-refractivity contribution < 1.29 is 18.7 Å². The molecule has 2 aromatic carbocycles. The number of esters is 1. The number of para-hydroxylation sites is 2. The highest BCUT2D eigenvalue weighted by Gasteiger charge is 2.38. The molecule has 0 bridgehead atoms. The molecule has 0 saturated heterocycles. The van der Waals surface area contributed by atoms with Crippen LogP contribution in [0.1, 0.15) is 19.4 Å². The molecule has 0 N–H and O–H groups in total. The fourth-order valence-corrected chi connectivity index (χ4v) is 4.52. The van der Waals surface area contributed by atoms with E-state index in [1.807, 2.05) is 62.2 Å². The summed E-state index contributed by atoms with van der Waals surface area (Å²) in [7, 11) is 1.91. The molecule has 0 aliphatic carbocycles. The molecule has 4 aromatic rings. The number of hydrogen-bond donors (Lipinski definition) is 0. The molecule has 34 heavy (non-hydrogen) atoms. The Morgan fingerprint density at radius 1 is 1.12 bits per heavy atom. The number of carbonyl (C=O) groups is 2. The maximum atomic E-state index is 12.8. The summed E-state index contributed by atoms with van der Waals surface area (Å²) in [6.45, 7) is 3.30. The van der Waals surface area contributed by atoms with E-state index in [1.165, 1.54) is 12.4 Å². The van der Waals surface area contributed by atoms with Crippen LogP contribution in [-0.4, -0.2) is 35.0 Å². The zero-order valence-electron chi connectivity index (χ0n) is 19.1. The van der Waals surface area contributed by atoms with Crippen molar-refractivity contribution in [3.05, 3.63) is 82.5 Å². The molecular formula is C26H23N3O5. The van der Waals surface area contributed by atoms with Crippen LogP contribution in [0.5, 0.6) is 0 Å². The molecule has 0 amide bonds. The number of fused-ring (bicyclic) bond motifs is 4. The van der Waals surface area contributed by atoms with Crippen molar-refractivity contribution in [1.29, 1.82) is 0 Å². The van der Waals surface area contributed by atoms with Gasteiger partial charge in [-0.3, -0.25) is 19.0 Å². The van der Waals surface area contributed by atoms with Crippen molar-refractivity contribution in [2.45, 2.75) is 25.8 Å². The first-order chi connectivity index (χ1) is 16.3. The Kier molecular flexibility index (Phi) is 5.08. The van der Waals surface area contributed by atoms with E-state index in [9.17, 15) is 14.4 Å². The van der Waals surface area contributed by atoms with Gasteiger partial charge in [0.25, 0.3) is 5.56 Å². The monoisotopic (exact) mass is 457 g/mol. The number of ether oxygens (including phenoxy) is 1. The molecule has 172 valence electrons. The number of likely N-dealkylation sites (N-methyl/N-ethyl adjacent to an activating group) is 1. The predicted octanol–water partition coefficient (Wildman–Crippen LogP) is 3.57. The lowest BCUT2D eigenvalue weighted by Gasteiger charge is -2.23. The van der Waals surface area contributed by atoms with Crippen molar-refractivity contribution in [2.24, 2.45) is 0 Å². The summed E-state index contributed by atoms with van der Waals surface area (Å²) in [5.74, 6) is -1.05. The van der Waals surface area contributed by atoms with E-state index in [0.717, 1.165) is 26.9 Å². The average molecular weight is 457 g/mol. The normalized spacial score (nSPS) is 15.7. The first-order valence-electron chi connectivity index (χ1n) is 10.9. The number of ketones is 1. The molecule has 1 aliphatic heterocycles. The van der Waals surface area contributed by atoms with Crippen molar-refractivity contribution in [1.82, 2.24) is 9.55 Å². The lowest BCUT2D eigenvalue weighted by atomic mass is 9.83. The molecule has 3 heterocycles. The minimum atomic E-state index is -0.714. The third-order valence-electron chi connectivity index (χ3n) is 6.26. The van der Waals surface area contributed by atoms with Crippen LogP contribution in [0, 0.1) is 0 Å². The summed E-state index contributed by atoms with van der Waals surface area (Å²) >= 11 is 0. The van der Waals surface area contributed by atoms with Gasteiger partial charge in [-0.25, -0.2) is 4.98 Å². The van der Waals surface area contributed by atoms with E-state index in [4.69, 9.17) is 9.15 Å². The van der Waals surface area contributed by atoms with Gasteiger partial charge in [0.1, 0.15) is 17.6 Å². The van der Waals surface area contributed by atoms with Crippen LogP contribution in [0.2, 0.25) is 0 Å². The number of aromatic nitrogens is 2. The Hall–Kier alpha value is -4.20. The molecule has 0 radical (unpaired) electrons. The number of benzene rings is 2. The molecule has 5 rings (SSSR count). The Labute approximate surface area is 195 Å². The molecule has 0 saturated carbocycles. The van der Waals surface area contributed by atoms with Gasteiger partial charge in [-0.1, -0.05) is 44.2 Å². The summed E-state index contributed by atoms with van der Waals surface area (Å²) in [6.07, 6.45) is 2.80. The number of carbonyl (C=O) groups excluding carboxylic acids is 2. The summed E-state index contributed by atoms with van der Waals surface area (Å²) in [4.78, 5) is 44.0. The molecular weight excluding hydrogens is 434 g/mol. The van der Waals surface area contributed by atoms with Gasteiger partial charge in [0.15, 0.2) is 12.4 Å². The van der Waals surface area contributed by atoms with Crippen molar-refractivity contribution in [2.75, 3.05) is 18.6 Å². The van der Waals surface area contributed by atoms with Gasteiger partial charge in [0, 0.05) is 35.3 Å². The Bertz CT molecular complexity index is 1540. The Balaban J connectivity index is 1.28. The topological polar surface area (TPSA) is 94.6 Å². The number of nitrogens with zero attached hydrogens (tertiary/aromatic N) is 3. The van der Waals surface area contributed by atoms with Gasteiger partial charge in [0.05, 0.1) is 6.33 Å². The van der Waals surface area contributed by atoms with E-state index >= 15 is 0 Å². The largest absolute Gasteiger partial charge is 0.456 e. The Morgan fingerprint density at radius 2 is 1.85 bits per heavy atom. The van der Waals surface area contributed by atoms with Gasteiger partial charge in [0.2, 0.25) is 5.58 Å². The fourth-order valence-electron chi connectivity index (χ4n) is 4.52. The minimum absolute atomic E-state index is 0.0726. The zero-order chi connectivity index (χ0) is 24.0. The quantitative estimate of drug-likeness (QED) is 0.334. The van der Waals surface area contributed by atoms with Crippen LogP contribution < -0.4 is 10.5 Å². The van der Waals surface area contributed by atoms with Crippen LogP contribution >= 0.6 is 0 Å². The predicted molar refractivity (Wildman–Crippen MR) is 128 cm³/mol. The van der Waals surface area contributed by atoms with E-state index in [0.29, 0.717) is 11.1 Å². The Morgan fingerprint density at radius 3 is 2.65 bits per heavy atom. The number of allylic oxidation sites excluding steroid dienone is 1. The summed E-state index contributed by atoms with van der Waals surface area (Å²) in [5.41, 5.74) is 3.20. The van der Waals surface area contributed by atoms with Gasteiger partial charge in [-0.15, -0.1) is 0 Å². The molecule has 0 spiro atoms. The summed E-state index contributed by atoms with van der Waals surface area (Å²) < 4.78 is 11.9. The van der Waals surface area contributed by atoms with Gasteiger partial charge in [-0.05, 0) is 23.8 Å². The summed E-state index contributed by atoms with van der Waals surface area (Å²) in [5, 5.41) is 0.727. The second kappa shape index (κ2) is 7.98. The second-order valence-electron chi connectivity index (χ2n) is 8.81. The van der Waals surface area contributed by atoms with Gasteiger partial charge >= 0.3 is 5.97 Å². The zero-order valence-corrected chi connectivity index (χ0v) is 19.1. The third-order valence-corrected chi connectivity index (χ3v) is 6.26. The lowest BCUT2D eigenvalue weighted by molar-refractivity contribution is -0.147. The number of hydrogen-bond acceptors (Lipinski definition) is 7. The fraction of sp³-hybridized carbons (Fsp3) is 0.231. The minimum Gasteiger partial charge on any atom is -0.456 e. The average Bonchev–Trinajstić information content (AvgIpc) is 3.29. The summed E-state index contributed by atoms with van der Waals surface area (Å²) in [6, 6.07) is 15.2. The van der Waals surface area contributed by atoms with E-state index < -0.39 is 18.1 Å². The smallest absolute Gasteiger partial charge is 0.326 e. The molecule has 2 aromatic heterocycles. The van der Waals surface area contributed by atoms with Gasteiger partial charge in [-0.2, -0.15) is 0 Å². The molecule has 1 aliphatic rings. The van der Waals surface area contributed by atoms with Crippen LogP contribution in [0.3, 0.4) is 0 Å². The van der Waals surface area contributed by atoms with Crippen molar-refractivity contribution >= 4 is 39.5 Å². The van der Waals surface area contributed by atoms with Gasteiger partial charge < -0.3 is 14.1 Å². The van der Waals surface area contributed by atoms with Crippen LogP contribution in [-0.2, 0) is 26.3 Å². The third kappa shape index (κ3) is 3.48. The molecule has 8 nitrogen and oxygen atoms in total. The number of rotatable bonds is 5. The van der Waals surface area contributed by atoms with Crippen LogP contribution in [0.25, 0.3) is 22.1 Å². The second-order valence-corrected chi connectivity index (χ2v) is 8.81. The molecule has 0 fully saturated rings. The highest BCUT2D eigenvalue weighted by Crippen LogP contribution is 2.46. The van der Waals surface area contributed by atoms with E-state index in [2.05, 4.69) is 4.98 Å². The maximum Gasteiger partial charge on any atom is 0.326 e. The van der Waals surface area contributed by atoms with E-state index in [1.54, 1.807) is 12.1 Å². The maximum absolute atomic E-state index is 12.8.